The number of benzene rings is 2. The Morgan fingerprint density at radius 2 is 1.48 bits per heavy atom. The predicted molar refractivity (Wildman–Crippen MR) is 233 cm³/mol. The molecule has 6 aromatic heterocycles. The van der Waals surface area contributed by atoms with Crippen LogP contribution in [0.5, 0.6) is 23.5 Å². The van der Waals surface area contributed by atoms with Crippen molar-refractivity contribution in [3.8, 4) is 23.5 Å². The van der Waals surface area contributed by atoms with Gasteiger partial charge in [-0.05, 0) is 37.8 Å². The SMILES string of the molecule is CNc1cc(F)c2c3c1[nH]c1nc(Oc4cnc(C)nc4)nc(c13)N(CCNc1cc(F)c3c4c1[nH]c1nc(Oc5cnc(C)nc5)nc(c14)N[C@@H](CN)CS3)[C@H]1CNC[C@H]1C2. The van der Waals surface area contributed by atoms with Gasteiger partial charge in [0.05, 0.1) is 62.9 Å². The lowest BCUT2D eigenvalue weighted by Crippen LogP contribution is -2.45. The van der Waals surface area contributed by atoms with Crippen LogP contribution in [0.1, 0.15) is 17.2 Å². The highest BCUT2D eigenvalue weighted by molar-refractivity contribution is 7.99. The van der Waals surface area contributed by atoms with Gasteiger partial charge in [-0.15, -0.1) is 11.8 Å². The van der Waals surface area contributed by atoms with Gasteiger partial charge >= 0.3 is 12.0 Å². The molecule has 316 valence electrons. The number of nitrogens with two attached hydrogens (primary N) is 1. The van der Waals surface area contributed by atoms with Gasteiger partial charge in [0.15, 0.2) is 11.5 Å². The third-order valence-electron chi connectivity index (χ3n) is 11.7. The number of nitrogens with zero attached hydrogens (tertiary/aromatic N) is 9. The molecule has 0 saturated carbocycles. The number of aromatic nitrogens is 10. The minimum atomic E-state index is -0.383. The Hall–Kier alpha value is -6.71. The topological polar surface area (TPSA) is 231 Å². The number of aryl methyl sites for hydroxylation is 2. The highest BCUT2D eigenvalue weighted by atomic mass is 32.2. The first kappa shape index (κ1) is 38.2. The van der Waals surface area contributed by atoms with E-state index in [1.165, 1.54) is 23.9 Å². The van der Waals surface area contributed by atoms with Crippen LogP contribution in [0.3, 0.4) is 0 Å². The predicted octanol–water partition coefficient (Wildman–Crippen LogP) is 5.54. The van der Waals surface area contributed by atoms with E-state index in [1.807, 2.05) is 0 Å². The summed E-state index contributed by atoms with van der Waals surface area (Å²) in [4.78, 5) is 45.9. The summed E-state index contributed by atoms with van der Waals surface area (Å²) in [5.41, 5.74) is 10.2. The average Bonchev–Trinajstić information content (AvgIpc) is 3.98. The maximum Gasteiger partial charge on any atom is 0.326 e. The Kier molecular flexibility index (Phi) is 9.27. The molecule has 8 aromatic rings. The zero-order valence-corrected chi connectivity index (χ0v) is 34.5. The molecule has 1 saturated heterocycles. The molecule has 1 fully saturated rings. The molecule has 3 aliphatic rings. The zero-order valence-electron chi connectivity index (χ0n) is 33.7. The van der Waals surface area contributed by atoms with E-state index < -0.39 is 0 Å². The van der Waals surface area contributed by atoms with Crippen molar-refractivity contribution >= 4 is 78.6 Å². The van der Waals surface area contributed by atoms with Crippen molar-refractivity contribution in [1.29, 1.82) is 0 Å². The van der Waals surface area contributed by atoms with Crippen molar-refractivity contribution in [2.24, 2.45) is 11.7 Å². The number of fused-ring (bicyclic) bond motifs is 1. The Labute approximate surface area is 355 Å². The van der Waals surface area contributed by atoms with Gasteiger partial charge in [-0.3, -0.25) is 0 Å². The summed E-state index contributed by atoms with van der Waals surface area (Å²) in [6, 6.07) is 2.91. The van der Waals surface area contributed by atoms with Crippen LogP contribution in [0.15, 0.2) is 41.8 Å². The Morgan fingerprint density at radius 3 is 2.18 bits per heavy atom. The van der Waals surface area contributed by atoms with E-state index >= 15 is 8.78 Å². The lowest BCUT2D eigenvalue weighted by atomic mass is 9.89. The standard InChI is InChI=1S/C41H40F2N16O2S/c1-17-48-11-21(12-49-17)60-40-55-36-31-30-34(54-37(31)56-40)27(8-25(43)35(30)62-16-20(9-44)52-36)47-4-5-59-28-15-46-10-19(28)6-23-24(42)7-26(45-3)33-29(23)32-38(53-33)57-41(58-39(32)59)61-22-13-50-18(2)51-14-22/h7-8,11-14,19-20,28,45-47H,4-6,9-10,15-16,44H2,1-3H3,(H,53,57,58)(H2,52,54,55,56)/t19-,20+,28+/m1/s1. The van der Waals surface area contributed by atoms with Gasteiger partial charge in [-0.25, -0.2) is 28.7 Å². The molecule has 0 aliphatic carbocycles. The average molecular weight is 859 g/mol. The number of nitrogens with one attached hydrogen (secondary N) is 6. The maximum absolute atomic E-state index is 16.4. The van der Waals surface area contributed by atoms with Crippen molar-refractivity contribution in [3.05, 3.63) is 65.8 Å². The lowest BCUT2D eigenvalue weighted by molar-refractivity contribution is 0.434. The molecule has 9 heterocycles. The minimum Gasteiger partial charge on any atom is -0.421 e. The summed E-state index contributed by atoms with van der Waals surface area (Å²) in [5, 5.41) is 16.4. The molecular formula is C41H40F2N16O2S. The lowest BCUT2D eigenvalue weighted by Gasteiger charge is -2.36. The van der Waals surface area contributed by atoms with Gasteiger partial charge in [-0.2, -0.15) is 19.9 Å². The summed E-state index contributed by atoms with van der Waals surface area (Å²) in [6.07, 6.45) is 6.75. The van der Waals surface area contributed by atoms with Gasteiger partial charge in [0.1, 0.15) is 46.2 Å². The van der Waals surface area contributed by atoms with Gasteiger partial charge < -0.3 is 51.3 Å². The van der Waals surface area contributed by atoms with Crippen LogP contribution in [0, 0.1) is 31.4 Å². The summed E-state index contributed by atoms with van der Waals surface area (Å²) in [5.74, 6) is 2.86. The Balaban J connectivity index is 1.00. The van der Waals surface area contributed by atoms with E-state index in [9.17, 15) is 0 Å². The molecule has 0 radical (unpaired) electrons. The minimum absolute atomic E-state index is 0.0421. The second-order valence-electron chi connectivity index (χ2n) is 15.6. The summed E-state index contributed by atoms with van der Waals surface area (Å²) in [6.45, 7) is 6.00. The molecular weight excluding hydrogens is 819 g/mol. The van der Waals surface area contributed by atoms with Crippen LogP contribution >= 0.6 is 11.8 Å². The largest absolute Gasteiger partial charge is 0.421 e. The fourth-order valence-electron chi connectivity index (χ4n) is 8.85. The quantitative estimate of drug-likeness (QED) is 0.0895. The summed E-state index contributed by atoms with van der Waals surface area (Å²) < 4.78 is 44.8. The van der Waals surface area contributed by atoms with E-state index in [4.69, 9.17) is 35.1 Å². The van der Waals surface area contributed by atoms with E-state index in [-0.39, 0.29) is 41.7 Å². The molecule has 0 amide bonds. The van der Waals surface area contributed by atoms with Crippen molar-refractivity contribution in [2.75, 3.05) is 66.4 Å². The van der Waals surface area contributed by atoms with E-state index in [2.05, 4.69) is 56.1 Å². The van der Waals surface area contributed by atoms with Gasteiger partial charge in [0.25, 0.3) is 0 Å². The fourth-order valence-corrected chi connectivity index (χ4v) is 9.98. The Morgan fingerprint density at radius 1 is 0.823 bits per heavy atom. The monoisotopic (exact) mass is 858 g/mol. The molecule has 8 N–H and O–H groups in total. The first-order valence-electron chi connectivity index (χ1n) is 20.2. The number of thioether (sulfide) groups is 1. The number of hydrogen-bond donors (Lipinski definition) is 7. The number of rotatable bonds is 10. The van der Waals surface area contributed by atoms with Crippen LogP contribution in [0.4, 0.5) is 31.8 Å². The Bertz CT molecular complexity index is 3060. The number of hydrogen-bond acceptors (Lipinski definition) is 17. The fraction of sp³-hybridized carbons (Fsp3) is 0.317. The van der Waals surface area contributed by atoms with E-state index in [1.54, 1.807) is 45.7 Å². The highest BCUT2D eigenvalue weighted by Crippen LogP contribution is 2.46. The van der Waals surface area contributed by atoms with Crippen LogP contribution in [0.2, 0.25) is 0 Å². The van der Waals surface area contributed by atoms with Crippen molar-refractivity contribution in [2.45, 2.75) is 37.2 Å². The van der Waals surface area contributed by atoms with Crippen molar-refractivity contribution in [1.82, 2.24) is 55.2 Å². The maximum atomic E-state index is 16.4. The third-order valence-corrected chi connectivity index (χ3v) is 13.0. The van der Waals surface area contributed by atoms with Crippen molar-refractivity contribution in [3.63, 3.8) is 0 Å². The van der Waals surface area contributed by atoms with Crippen LogP contribution in [0.25, 0.3) is 43.9 Å². The number of anilines is 4. The normalized spacial score (nSPS) is 18.2. The molecule has 11 rings (SSSR count). The molecule has 18 nitrogen and oxygen atoms in total. The third kappa shape index (κ3) is 6.45. The molecule has 0 spiro atoms. The number of halogens is 2. The van der Waals surface area contributed by atoms with Crippen LogP contribution in [-0.2, 0) is 6.42 Å². The number of H-pyrrole nitrogens is 2. The van der Waals surface area contributed by atoms with Crippen LogP contribution < -0.4 is 41.4 Å². The van der Waals surface area contributed by atoms with E-state index in [0.717, 1.165) is 10.9 Å². The first-order chi connectivity index (χ1) is 30.2. The van der Waals surface area contributed by atoms with Crippen molar-refractivity contribution < 1.29 is 18.3 Å². The molecule has 2 aromatic carbocycles. The van der Waals surface area contributed by atoms with Gasteiger partial charge in [-0.1, -0.05) is 0 Å². The smallest absolute Gasteiger partial charge is 0.326 e. The van der Waals surface area contributed by atoms with Gasteiger partial charge in [0, 0.05) is 74.4 Å². The highest BCUT2D eigenvalue weighted by Gasteiger charge is 2.38. The summed E-state index contributed by atoms with van der Waals surface area (Å²) >= 11 is 1.40. The second kappa shape index (κ2) is 15.0. The molecule has 0 unspecified atom stereocenters. The zero-order chi connectivity index (χ0) is 42.2. The molecule has 62 heavy (non-hydrogen) atoms. The summed E-state index contributed by atoms with van der Waals surface area (Å²) in [7, 11) is 1.76. The number of aromatic amines is 2. The molecule has 21 heteroatoms. The molecule has 0 bridgehead atoms. The van der Waals surface area contributed by atoms with Gasteiger partial charge in [0.2, 0.25) is 0 Å². The second-order valence-corrected chi connectivity index (χ2v) is 16.6. The first-order valence-corrected chi connectivity index (χ1v) is 21.2. The molecule has 3 atom stereocenters. The van der Waals surface area contributed by atoms with E-state index in [0.29, 0.717) is 134 Å². The number of ether oxygens (including phenoxy) is 2. The van der Waals surface area contributed by atoms with Crippen LogP contribution in [-0.4, -0.2) is 107 Å². The molecule has 3 aliphatic heterocycles.